The Balaban J connectivity index is 1.86. The molecule has 0 saturated carbocycles. The lowest BCUT2D eigenvalue weighted by molar-refractivity contribution is 0.0607. The van der Waals surface area contributed by atoms with Gasteiger partial charge < -0.3 is 9.84 Å². The van der Waals surface area contributed by atoms with Gasteiger partial charge in [-0.05, 0) is 57.2 Å². The van der Waals surface area contributed by atoms with Crippen molar-refractivity contribution < 1.29 is 27.9 Å². The van der Waals surface area contributed by atoms with E-state index in [0.717, 1.165) is 0 Å². The molecule has 0 atom stereocenters. The minimum Gasteiger partial charge on any atom is -0.477 e. The van der Waals surface area contributed by atoms with Crippen LogP contribution in [0.5, 0.6) is 0 Å². The third kappa shape index (κ3) is 5.63. The van der Waals surface area contributed by atoms with Crippen LogP contribution in [0.15, 0.2) is 84.0 Å². The van der Waals surface area contributed by atoms with E-state index in [2.05, 4.69) is 21.8 Å². The molecule has 1 amide bonds. The number of carbonyl (C=O) groups excluding carboxylic acids is 1. The lowest BCUT2D eigenvalue weighted by Gasteiger charge is -2.27. The zero-order valence-corrected chi connectivity index (χ0v) is 21.6. The van der Waals surface area contributed by atoms with Gasteiger partial charge in [-0.3, -0.25) is 4.98 Å². The summed E-state index contributed by atoms with van der Waals surface area (Å²) in [5.74, 6) is 4.43. The van der Waals surface area contributed by atoms with Crippen molar-refractivity contribution in [2.45, 2.75) is 31.3 Å². The molecule has 0 radical (unpaired) electrons. The van der Waals surface area contributed by atoms with Gasteiger partial charge >= 0.3 is 12.1 Å². The Hall–Kier alpha value is -4.75. The fourth-order valence-corrected chi connectivity index (χ4v) is 4.99. The van der Waals surface area contributed by atoms with Crippen molar-refractivity contribution in [3.05, 3.63) is 95.9 Å². The monoisotopic (exact) mass is 529 g/mol. The smallest absolute Gasteiger partial charge is 0.429 e. The van der Waals surface area contributed by atoms with E-state index < -0.39 is 27.7 Å². The summed E-state index contributed by atoms with van der Waals surface area (Å²) in [6.07, 6.45) is 1.70. The van der Waals surface area contributed by atoms with Crippen LogP contribution in [0, 0.1) is 11.8 Å². The van der Waals surface area contributed by atoms with Crippen LogP contribution in [0.4, 0.5) is 10.5 Å². The average Bonchev–Trinajstić information content (AvgIpc) is 2.87. The highest BCUT2D eigenvalue weighted by atomic mass is 32.2. The lowest BCUT2D eigenvalue weighted by Crippen LogP contribution is -2.41. The molecule has 0 aliphatic carbocycles. The van der Waals surface area contributed by atoms with E-state index in [0.29, 0.717) is 20.8 Å². The number of aromatic carboxylic acids is 1. The van der Waals surface area contributed by atoms with Crippen LogP contribution in [0.3, 0.4) is 0 Å². The molecular weight excluding hydrogens is 506 g/mol. The van der Waals surface area contributed by atoms with E-state index in [-0.39, 0.29) is 21.8 Å². The number of sulfonamides is 1. The van der Waals surface area contributed by atoms with E-state index in [4.69, 9.17) is 9.84 Å². The van der Waals surface area contributed by atoms with Crippen molar-refractivity contribution in [3.8, 4) is 11.8 Å². The Morgan fingerprint density at radius 3 is 2.34 bits per heavy atom. The maximum Gasteiger partial charge on any atom is 0.429 e. The standard InChI is InChI=1S/C28H23N3O6S/c1-28(2,3)37-27(34)31(23-11-6-9-21-10-7-17-29-25(21)23)38(35,36)24-12-5-4-8-20(24)15-13-19-14-16-22(26(32)33)30-18-19/h4-12,14,16-18H,1-3H3,(H,32,33). The SMILES string of the molecule is CC(C)(C)OC(=O)N(c1cccc2cccnc12)S(=O)(=O)c1ccccc1C#Cc1ccc(C(=O)O)nc1. The number of pyridine rings is 2. The van der Waals surface area contributed by atoms with Crippen LogP contribution in [-0.4, -0.2) is 41.2 Å². The number of fused-ring (bicyclic) bond motifs is 1. The van der Waals surface area contributed by atoms with Crippen LogP contribution in [0.2, 0.25) is 0 Å². The Bertz CT molecular complexity index is 1690. The molecule has 0 spiro atoms. The number of aromatic nitrogens is 2. The molecule has 10 heteroatoms. The first-order valence-corrected chi connectivity index (χ1v) is 12.8. The number of hydrogen-bond acceptors (Lipinski definition) is 7. The molecule has 1 N–H and O–H groups in total. The maximum atomic E-state index is 14.1. The number of carbonyl (C=O) groups is 2. The average molecular weight is 530 g/mol. The second-order valence-electron chi connectivity index (χ2n) is 9.09. The summed E-state index contributed by atoms with van der Waals surface area (Å²) in [6, 6.07) is 17.1. The number of rotatable bonds is 4. The molecule has 38 heavy (non-hydrogen) atoms. The molecule has 0 unspecified atom stereocenters. The highest BCUT2D eigenvalue weighted by Crippen LogP contribution is 2.32. The molecule has 0 bridgehead atoms. The first-order valence-electron chi connectivity index (χ1n) is 11.4. The molecule has 4 rings (SSSR count). The van der Waals surface area contributed by atoms with Crippen molar-refractivity contribution in [2.24, 2.45) is 0 Å². The number of para-hydroxylation sites is 1. The molecule has 0 fully saturated rings. The summed E-state index contributed by atoms with van der Waals surface area (Å²) in [7, 11) is -4.55. The molecule has 0 saturated heterocycles. The molecule has 9 nitrogen and oxygen atoms in total. The summed E-state index contributed by atoms with van der Waals surface area (Å²) >= 11 is 0. The number of nitrogens with zero attached hydrogens (tertiary/aromatic N) is 3. The number of carboxylic acids is 1. The van der Waals surface area contributed by atoms with Gasteiger partial charge in [-0.1, -0.05) is 42.2 Å². The second kappa shape index (κ2) is 10.3. The van der Waals surface area contributed by atoms with Crippen molar-refractivity contribution >= 4 is 38.7 Å². The predicted octanol–water partition coefficient (Wildman–Crippen LogP) is 4.86. The number of carboxylic acid groups (broad SMARTS) is 1. The molecule has 4 aromatic rings. The van der Waals surface area contributed by atoms with Gasteiger partial charge in [-0.2, -0.15) is 4.31 Å². The fourth-order valence-electron chi connectivity index (χ4n) is 3.51. The van der Waals surface area contributed by atoms with Gasteiger partial charge in [-0.25, -0.2) is 23.0 Å². The third-order valence-electron chi connectivity index (χ3n) is 5.12. The van der Waals surface area contributed by atoms with Crippen LogP contribution in [-0.2, 0) is 14.8 Å². The van der Waals surface area contributed by atoms with E-state index >= 15 is 0 Å². The van der Waals surface area contributed by atoms with Gasteiger partial charge in [0, 0.05) is 28.9 Å². The highest BCUT2D eigenvalue weighted by Gasteiger charge is 2.37. The Morgan fingerprint density at radius 1 is 0.921 bits per heavy atom. The third-order valence-corrected chi connectivity index (χ3v) is 6.86. The molecule has 0 aliphatic rings. The second-order valence-corrected chi connectivity index (χ2v) is 10.8. The molecule has 2 aromatic heterocycles. The summed E-state index contributed by atoms with van der Waals surface area (Å²) in [6.45, 7) is 4.92. The summed E-state index contributed by atoms with van der Waals surface area (Å²) in [4.78, 5) is 32.4. The first kappa shape index (κ1) is 26.3. The van der Waals surface area contributed by atoms with E-state index in [1.807, 2.05) is 0 Å². The van der Waals surface area contributed by atoms with Crippen LogP contribution < -0.4 is 4.31 Å². The highest BCUT2D eigenvalue weighted by molar-refractivity contribution is 7.93. The van der Waals surface area contributed by atoms with Crippen molar-refractivity contribution in [1.82, 2.24) is 9.97 Å². The van der Waals surface area contributed by atoms with Gasteiger partial charge in [0.25, 0.3) is 10.0 Å². The Kier molecular flexibility index (Phi) is 7.15. The zero-order chi connectivity index (χ0) is 27.5. The summed E-state index contributed by atoms with van der Waals surface area (Å²) in [5, 5.41) is 9.66. The number of ether oxygens (including phenoxy) is 1. The Labute approximate surface area is 219 Å². The van der Waals surface area contributed by atoms with Gasteiger partial charge in [-0.15, -0.1) is 0 Å². The topological polar surface area (TPSA) is 127 Å². The van der Waals surface area contributed by atoms with E-state index in [1.54, 1.807) is 51.1 Å². The fraction of sp³-hybridized carbons (Fsp3) is 0.143. The minimum atomic E-state index is -4.55. The van der Waals surface area contributed by atoms with Crippen molar-refractivity contribution in [3.63, 3.8) is 0 Å². The van der Waals surface area contributed by atoms with Crippen molar-refractivity contribution in [2.75, 3.05) is 4.31 Å². The van der Waals surface area contributed by atoms with Gasteiger partial charge in [0.1, 0.15) is 16.2 Å². The summed E-state index contributed by atoms with van der Waals surface area (Å²) in [5.41, 5.74) is -0.278. The molecule has 192 valence electrons. The van der Waals surface area contributed by atoms with Gasteiger partial charge in [0.05, 0.1) is 11.2 Å². The summed E-state index contributed by atoms with van der Waals surface area (Å²) < 4.78 is 34.3. The van der Waals surface area contributed by atoms with Gasteiger partial charge in [0.2, 0.25) is 0 Å². The molecular formula is C28H23N3O6S. The maximum absolute atomic E-state index is 14.1. The normalized spacial score (nSPS) is 11.3. The number of amides is 1. The molecule has 2 aromatic carbocycles. The van der Waals surface area contributed by atoms with Crippen molar-refractivity contribution in [1.29, 1.82) is 0 Å². The molecule has 2 heterocycles. The van der Waals surface area contributed by atoms with E-state index in [1.165, 1.54) is 48.8 Å². The first-order chi connectivity index (χ1) is 18.0. The lowest BCUT2D eigenvalue weighted by atomic mass is 10.2. The number of benzene rings is 2. The van der Waals surface area contributed by atoms with Gasteiger partial charge in [0.15, 0.2) is 0 Å². The molecule has 0 aliphatic heterocycles. The minimum absolute atomic E-state index is 0.0357. The number of hydrogen-bond donors (Lipinski definition) is 1. The number of anilines is 1. The largest absolute Gasteiger partial charge is 0.477 e. The predicted molar refractivity (Wildman–Crippen MR) is 141 cm³/mol. The van der Waals surface area contributed by atoms with Crippen LogP contribution in [0.1, 0.15) is 42.4 Å². The Morgan fingerprint density at radius 2 is 1.66 bits per heavy atom. The quantitative estimate of drug-likeness (QED) is 0.372. The van der Waals surface area contributed by atoms with E-state index in [9.17, 15) is 18.0 Å². The zero-order valence-electron chi connectivity index (χ0n) is 20.7. The van der Waals surface area contributed by atoms with Crippen LogP contribution in [0.25, 0.3) is 10.9 Å². The van der Waals surface area contributed by atoms with Crippen LogP contribution >= 0.6 is 0 Å².